The molecule has 0 bridgehead atoms. The van der Waals surface area contributed by atoms with Gasteiger partial charge in [0.2, 0.25) is 0 Å². The van der Waals surface area contributed by atoms with Crippen molar-refractivity contribution in [2.24, 2.45) is 0 Å². The molecule has 0 aromatic rings. The van der Waals surface area contributed by atoms with E-state index in [9.17, 15) is 0 Å². The molecule has 2 saturated heterocycles. The Morgan fingerprint density at radius 3 is 2.69 bits per heavy atom. The van der Waals surface area contributed by atoms with Crippen LogP contribution < -0.4 is 5.32 Å². The molecular weight excluding hydrogens is 218 g/mol. The number of hydrogen-bond acceptors (Lipinski definition) is 4. The summed E-state index contributed by atoms with van der Waals surface area (Å²) in [7, 11) is 2.22. The Morgan fingerprint density at radius 2 is 2.06 bits per heavy atom. The Morgan fingerprint density at radius 1 is 1.31 bits per heavy atom. The molecule has 3 nitrogen and oxygen atoms in total. The molecule has 2 atom stereocenters. The van der Waals surface area contributed by atoms with Crippen LogP contribution in [0.25, 0.3) is 0 Å². The number of hydrogen-bond donors (Lipinski definition) is 1. The molecular formula is C12H25N3S. The Kier molecular flexibility index (Phi) is 4.95. The third-order valence-electron chi connectivity index (χ3n) is 3.79. The van der Waals surface area contributed by atoms with Crippen LogP contribution in [0.15, 0.2) is 0 Å². The summed E-state index contributed by atoms with van der Waals surface area (Å²) in [6, 6.07) is 1.47. The van der Waals surface area contributed by atoms with Crippen molar-refractivity contribution in [3.63, 3.8) is 0 Å². The summed E-state index contributed by atoms with van der Waals surface area (Å²) in [5, 5.41) is 3.71. The highest BCUT2D eigenvalue weighted by Crippen LogP contribution is 2.17. The highest BCUT2D eigenvalue weighted by molar-refractivity contribution is 7.99. The second-order valence-corrected chi connectivity index (χ2v) is 6.31. The molecule has 2 fully saturated rings. The molecule has 94 valence electrons. The van der Waals surface area contributed by atoms with Crippen LogP contribution in [-0.4, -0.2) is 73.2 Å². The SMILES string of the molecule is CC(CNC1CCSC1)N1CCN(C)CC1. The van der Waals surface area contributed by atoms with Gasteiger partial charge >= 0.3 is 0 Å². The van der Waals surface area contributed by atoms with Gasteiger partial charge in [-0.1, -0.05) is 0 Å². The van der Waals surface area contributed by atoms with Crippen LogP contribution in [0.5, 0.6) is 0 Å². The number of piperazine rings is 1. The first kappa shape index (κ1) is 12.7. The third kappa shape index (κ3) is 3.62. The van der Waals surface area contributed by atoms with Crippen molar-refractivity contribution in [2.45, 2.75) is 25.4 Å². The Hall–Kier alpha value is 0.230. The van der Waals surface area contributed by atoms with Crippen molar-refractivity contribution in [2.75, 3.05) is 51.3 Å². The number of likely N-dealkylation sites (N-methyl/N-ethyl adjacent to an activating group) is 1. The van der Waals surface area contributed by atoms with Crippen molar-refractivity contribution in [3.8, 4) is 0 Å². The second kappa shape index (κ2) is 6.24. The Bertz CT molecular complexity index is 198. The smallest absolute Gasteiger partial charge is 0.0193 e. The summed E-state index contributed by atoms with van der Waals surface area (Å²) in [5.74, 6) is 2.66. The number of nitrogens with zero attached hydrogens (tertiary/aromatic N) is 2. The summed E-state index contributed by atoms with van der Waals surface area (Å²) in [5.41, 5.74) is 0. The van der Waals surface area contributed by atoms with Gasteiger partial charge in [0.15, 0.2) is 0 Å². The maximum absolute atomic E-state index is 3.71. The lowest BCUT2D eigenvalue weighted by molar-refractivity contribution is 0.117. The highest BCUT2D eigenvalue weighted by atomic mass is 32.2. The van der Waals surface area contributed by atoms with Crippen LogP contribution >= 0.6 is 11.8 Å². The summed E-state index contributed by atoms with van der Waals surface area (Å²) in [4.78, 5) is 5.04. The first-order valence-corrected chi connectivity index (χ1v) is 7.65. The molecule has 2 unspecified atom stereocenters. The fourth-order valence-electron chi connectivity index (χ4n) is 2.42. The molecule has 0 aromatic carbocycles. The van der Waals surface area contributed by atoms with E-state index in [0.29, 0.717) is 6.04 Å². The van der Waals surface area contributed by atoms with Crippen LogP contribution in [0.4, 0.5) is 0 Å². The van der Waals surface area contributed by atoms with E-state index in [4.69, 9.17) is 0 Å². The van der Waals surface area contributed by atoms with Crippen LogP contribution in [0, 0.1) is 0 Å². The van der Waals surface area contributed by atoms with E-state index in [1.54, 1.807) is 0 Å². The van der Waals surface area contributed by atoms with Gasteiger partial charge in [0.1, 0.15) is 0 Å². The van der Waals surface area contributed by atoms with E-state index < -0.39 is 0 Å². The zero-order valence-corrected chi connectivity index (χ0v) is 11.4. The molecule has 0 aliphatic carbocycles. The Labute approximate surface area is 104 Å². The lowest BCUT2D eigenvalue weighted by Crippen LogP contribution is -2.51. The van der Waals surface area contributed by atoms with E-state index >= 15 is 0 Å². The minimum Gasteiger partial charge on any atom is -0.312 e. The molecule has 0 amide bonds. The van der Waals surface area contributed by atoms with Gasteiger partial charge < -0.3 is 10.2 Å². The molecule has 4 heteroatoms. The van der Waals surface area contributed by atoms with Gasteiger partial charge in [-0.25, -0.2) is 0 Å². The van der Waals surface area contributed by atoms with Crippen LogP contribution in [-0.2, 0) is 0 Å². The first-order valence-electron chi connectivity index (χ1n) is 6.49. The van der Waals surface area contributed by atoms with Gasteiger partial charge in [0.25, 0.3) is 0 Å². The number of thioether (sulfide) groups is 1. The largest absolute Gasteiger partial charge is 0.312 e. The fraction of sp³-hybridized carbons (Fsp3) is 1.00. The molecule has 0 spiro atoms. The highest BCUT2D eigenvalue weighted by Gasteiger charge is 2.21. The molecule has 16 heavy (non-hydrogen) atoms. The predicted octanol–water partition coefficient (Wildman–Crippen LogP) is 0.717. The number of nitrogens with one attached hydrogen (secondary N) is 1. The molecule has 2 heterocycles. The molecule has 2 rings (SSSR count). The lowest BCUT2D eigenvalue weighted by atomic mass is 10.2. The minimum atomic E-state index is 0.694. The summed E-state index contributed by atoms with van der Waals surface area (Å²) < 4.78 is 0. The molecule has 2 aliphatic heterocycles. The summed E-state index contributed by atoms with van der Waals surface area (Å²) in [6.45, 7) is 8.44. The second-order valence-electron chi connectivity index (χ2n) is 5.16. The maximum atomic E-state index is 3.71. The average Bonchev–Trinajstić information content (AvgIpc) is 2.80. The first-order chi connectivity index (χ1) is 7.75. The standard InChI is InChI=1S/C12H25N3S/c1-11(9-13-12-3-8-16-10-12)15-6-4-14(2)5-7-15/h11-13H,3-10H2,1-2H3. The van der Waals surface area contributed by atoms with E-state index in [0.717, 1.165) is 12.6 Å². The third-order valence-corrected chi connectivity index (χ3v) is 4.96. The van der Waals surface area contributed by atoms with Crippen LogP contribution in [0.1, 0.15) is 13.3 Å². The fourth-order valence-corrected chi connectivity index (χ4v) is 3.61. The van der Waals surface area contributed by atoms with Crippen LogP contribution in [0.3, 0.4) is 0 Å². The monoisotopic (exact) mass is 243 g/mol. The Balaban J connectivity index is 1.64. The van der Waals surface area contributed by atoms with E-state index in [1.807, 2.05) is 0 Å². The van der Waals surface area contributed by atoms with E-state index in [2.05, 4.69) is 40.8 Å². The zero-order chi connectivity index (χ0) is 11.4. The summed E-state index contributed by atoms with van der Waals surface area (Å²) >= 11 is 2.09. The quantitative estimate of drug-likeness (QED) is 0.784. The molecule has 1 N–H and O–H groups in total. The van der Waals surface area contributed by atoms with Crippen molar-refractivity contribution < 1.29 is 0 Å². The van der Waals surface area contributed by atoms with Gasteiger partial charge in [0.05, 0.1) is 0 Å². The maximum Gasteiger partial charge on any atom is 0.0193 e. The van der Waals surface area contributed by atoms with Gasteiger partial charge in [-0.2, -0.15) is 11.8 Å². The topological polar surface area (TPSA) is 18.5 Å². The lowest BCUT2D eigenvalue weighted by Gasteiger charge is -2.36. The minimum absolute atomic E-state index is 0.694. The molecule has 2 aliphatic rings. The van der Waals surface area contributed by atoms with Gasteiger partial charge in [0, 0.05) is 50.6 Å². The van der Waals surface area contributed by atoms with Gasteiger partial charge in [-0.3, -0.25) is 4.90 Å². The predicted molar refractivity (Wildman–Crippen MR) is 72.3 cm³/mol. The van der Waals surface area contributed by atoms with Crippen molar-refractivity contribution in [3.05, 3.63) is 0 Å². The van der Waals surface area contributed by atoms with Gasteiger partial charge in [-0.15, -0.1) is 0 Å². The van der Waals surface area contributed by atoms with E-state index in [-0.39, 0.29) is 0 Å². The molecule has 0 aromatic heterocycles. The number of rotatable bonds is 4. The molecule has 0 saturated carbocycles. The molecule has 0 radical (unpaired) electrons. The van der Waals surface area contributed by atoms with Crippen molar-refractivity contribution in [1.82, 2.24) is 15.1 Å². The zero-order valence-electron chi connectivity index (χ0n) is 10.6. The van der Waals surface area contributed by atoms with Gasteiger partial charge in [-0.05, 0) is 26.1 Å². The normalized spacial score (nSPS) is 30.8. The average molecular weight is 243 g/mol. The van der Waals surface area contributed by atoms with E-state index in [1.165, 1.54) is 44.1 Å². The van der Waals surface area contributed by atoms with Crippen molar-refractivity contribution in [1.29, 1.82) is 0 Å². The summed E-state index contributed by atoms with van der Waals surface area (Å²) in [6.07, 6.45) is 1.36. The van der Waals surface area contributed by atoms with Crippen molar-refractivity contribution >= 4 is 11.8 Å². The van der Waals surface area contributed by atoms with Crippen LogP contribution in [0.2, 0.25) is 0 Å².